The highest BCUT2D eigenvalue weighted by Gasteiger charge is 2.17. The Balaban J connectivity index is 2.08. The standard InChI is InChI=1S/C12H15FN2S/c13-9-4-5-11(10(6-9)12(14)16)15-7-8-2-1-3-8/h4-6,8,15H,1-3,7H2,(H2,14,16). The van der Waals surface area contributed by atoms with E-state index in [9.17, 15) is 4.39 Å². The van der Waals surface area contributed by atoms with E-state index in [4.69, 9.17) is 18.0 Å². The summed E-state index contributed by atoms with van der Waals surface area (Å²) in [6.45, 7) is 0.918. The van der Waals surface area contributed by atoms with Gasteiger partial charge in [-0.15, -0.1) is 0 Å². The van der Waals surface area contributed by atoms with E-state index in [2.05, 4.69) is 5.32 Å². The molecule has 0 bridgehead atoms. The Labute approximate surface area is 100 Å². The molecule has 4 heteroatoms. The largest absolute Gasteiger partial charge is 0.389 e. The molecule has 0 atom stereocenters. The molecule has 0 saturated heterocycles. The van der Waals surface area contributed by atoms with Gasteiger partial charge in [0.25, 0.3) is 0 Å². The fourth-order valence-corrected chi connectivity index (χ4v) is 1.99. The van der Waals surface area contributed by atoms with Crippen molar-refractivity contribution in [2.24, 2.45) is 11.7 Å². The minimum atomic E-state index is -0.308. The van der Waals surface area contributed by atoms with Crippen LogP contribution in [0.15, 0.2) is 18.2 Å². The molecule has 0 aliphatic heterocycles. The molecule has 1 aliphatic carbocycles. The van der Waals surface area contributed by atoms with Crippen molar-refractivity contribution in [3.05, 3.63) is 29.6 Å². The van der Waals surface area contributed by atoms with E-state index in [0.29, 0.717) is 5.56 Å². The van der Waals surface area contributed by atoms with Crippen LogP contribution in [-0.4, -0.2) is 11.5 Å². The van der Waals surface area contributed by atoms with E-state index in [0.717, 1.165) is 18.2 Å². The van der Waals surface area contributed by atoms with Crippen LogP contribution in [0.2, 0.25) is 0 Å². The van der Waals surface area contributed by atoms with Crippen molar-refractivity contribution in [3.63, 3.8) is 0 Å². The third-order valence-electron chi connectivity index (χ3n) is 3.05. The van der Waals surface area contributed by atoms with E-state index < -0.39 is 0 Å². The number of benzene rings is 1. The molecule has 0 radical (unpaired) electrons. The lowest BCUT2D eigenvalue weighted by Gasteiger charge is -2.26. The van der Waals surface area contributed by atoms with Gasteiger partial charge in [0.1, 0.15) is 10.8 Å². The number of halogens is 1. The Morgan fingerprint density at radius 1 is 1.50 bits per heavy atom. The molecule has 0 heterocycles. The van der Waals surface area contributed by atoms with Gasteiger partial charge in [0.05, 0.1) is 0 Å². The first-order valence-corrected chi connectivity index (χ1v) is 5.91. The van der Waals surface area contributed by atoms with E-state index in [1.54, 1.807) is 6.07 Å². The van der Waals surface area contributed by atoms with Crippen LogP contribution in [0.3, 0.4) is 0 Å². The second-order valence-corrected chi connectivity index (χ2v) is 4.67. The summed E-state index contributed by atoms with van der Waals surface area (Å²) in [5, 5.41) is 3.29. The highest BCUT2D eigenvalue weighted by molar-refractivity contribution is 7.80. The molecule has 1 aromatic rings. The molecule has 1 aromatic carbocycles. The summed E-state index contributed by atoms with van der Waals surface area (Å²) in [7, 11) is 0. The summed E-state index contributed by atoms with van der Waals surface area (Å²) in [4.78, 5) is 0.232. The summed E-state index contributed by atoms with van der Waals surface area (Å²) in [6.07, 6.45) is 3.87. The van der Waals surface area contributed by atoms with E-state index in [1.807, 2.05) is 0 Å². The van der Waals surface area contributed by atoms with Crippen LogP contribution in [0.5, 0.6) is 0 Å². The van der Waals surface area contributed by atoms with Gasteiger partial charge >= 0.3 is 0 Å². The summed E-state index contributed by atoms with van der Waals surface area (Å²) < 4.78 is 13.0. The van der Waals surface area contributed by atoms with Gasteiger partial charge in [-0.1, -0.05) is 18.6 Å². The van der Waals surface area contributed by atoms with Crippen LogP contribution in [0.25, 0.3) is 0 Å². The minimum Gasteiger partial charge on any atom is -0.389 e. The van der Waals surface area contributed by atoms with Crippen LogP contribution in [-0.2, 0) is 0 Å². The maximum Gasteiger partial charge on any atom is 0.124 e. The molecule has 16 heavy (non-hydrogen) atoms. The maximum atomic E-state index is 13.0. The van der Waals surface area contributed by atoms with Gasteiger partial charge in [0.2, 0.25) is 0 Å². The first-order valence-electron chi connectivity index (χ1n) is 5.50. The predicted octanol–water partition coefficient (Wildman–Crippen LogP) is 2.67. The molecule has 0 unspecified atom stereocenters. The number of rotatable bonds is 4. The number of thiocarbonyl (C=S) groups is 1. The molecule has 1 fully saturated rings. The van der Waals surface area contributed by atoms with Crippen molar-refractivity contribution in [3.8, 4) is 0 Å². The third-order valence-corrected chi connectivity index (χ3v) is 3.27. The van der Waals surface area contributed by atoms with Crippen molar-refractivity contribution >= 4 is 22.9 Å². The molecule has 86 valence electrons. The average Bonchev–Trinajstić information content (AvgIpc) is 2.17. The summed E-state index contributed by atoms with van der Waals surface area (Å²) >= 11 is 4.90. The second-order valence-electron chi connectivity index (χ2n) is 4.23. The van der Waals surface area contributed by atoms with Crippen molar-refractivity contribution in [1.82, 2.24) is 0 Å². The van der Waals surface area contributed by atoms with Crippen LogP contribution >= 0.6 is 12.2 Å². The van der Waals surface area contributed by atoms with Crippen LogP contribution in [0.4, 0.5) is 10.1 Å². The maximum absolute atomic E-state index is 13.0. The number of hydrogen-bond acceptors (Lipinski definition) is 2. The number of anilines is 1. The summed E-state index contributed by atoms with van der Waals surface area (Å²) in [5.41, 5.74) is 6.99. The van der Waals surface area contributed by atoms with Gasteiger partial charge in [0.15, 0.2) is 0 Å². The second kappa shape index (κ2) is 4.78. The SMILES string of the molecule is NC(=S)c1cc(F)ccc1NCC1CCC1. The molecule has 1 aliphatic rings. The zero-order valence-corrected chi connectivity index (χ0v) is 9.82. The Hall–Kier alpha value is -1.16. The molecule has 0 spiro atoms. The molecular weight excluding hydrogens is 223 g/mol. The lowest BCUT2D eigenvalue weighted by Crippen LogP contribution is -2.22. The van der Waals surface area contributed by atoms with Gasteiger partial charge in [0, 0.05) is 17.8 Å². The van der Waals surface area contributed by atoms with E-state index in [-0.39, 0.29) is 10.8 Å². The van der Waals surface area contributed by atoms with E-state index in [1.165, 1.54) is 31.4 Å². The molecule has 3 N–H and O–H groups in total. The van der Waals surface area contributed by atoms with E-state index >= 15 is 0 Å². The number of nitrogens with one attached hydrogen (secondary N) is 1. The Kier molecular flexibility index (Phi) is 3.39. The van der Waals surface area contributed by atoms with Gasteiger partial charge in [-0.25, -0.2) is 4.39 Å². The quantitative estimate of drug-likeness (QED) is 0.792. The molecule has 1 saturated carbocycles. The Bertz CT molecular complexity index is 402. The highest BCUT2D eigenvalue weighted by atomic mass is 32.1. The van der Waals surface area contributed by atoms with Crippen molar-refractivity contribution in [2.75, 3.05) is 11.9 Å². The molecule has 0 aromatic heterocycles. The molecular formula is C12H15FN2S. The molecule has 2 rings (SSSR count). The monoisotopic (exact) mass is 238 g/mol. The third kappa shape index (κ3) is 2.50. The average molecular weight is 238 g/mol. The topological polar surface area (TPSA) is 38.0 Å². The zero-order valence-electron chi connectivity index (χ0n) is 9.00. The predicted molar refractivity (Wildman–Crippen MR) is 68.1 cm³/mol. The lowest BCUT2D eigenvalue weighted by molar-refractivity contribution is 0.333. The molecule has 0 amide bonds. The molecule has 2 nitrogen and oxygen atoms in total. The van der Waals surface area contributed by atoms with Gasteiger partial charge in [-0.2, -0.15) is 0 Å². The summed E-state index contributed by atoms with van der Waals surface area (Å²) in [5.74, 6) is 0.432. The highest BCUT2D eigenvalue weighted by Crippen LogP contribution is 2.27. The Morgan fingerprint density at radius 2 is 2.25 bits per heavy atom. The smallest absolute Gasteiger partial charge is 0.124 e. The normalized spacial score (nSPS) is 15.6. The van der Waals surface area contributed by atoms with Crippen molar-refractivity contribution in [2.45, 2.75) is 19.3 Å². The van der Waals surface area contributed by atoms with Crippen molar-refractivity contribution < 1.29 is 4.39 Å². The first-order chi connectivity index (χ1) is 7.66. The van der Waals surface area contributed by atoms with Gasteiger partial charge < -0.3 is 11.1 Å². The summed E-state index contributed by atoms with van der Waals surface area (Å²) in [6, 6.07) is 4.50. The zero-order chi connectivity index (χ0) is 11.5. The van der Waals surface area contributed by atoms with Crippen molar-refractivity contribution in [1.29, 1.82) is 0 Å². The Morgan fingerprint density at radius 3 is 2.81 bits per heavy atom. The van der Waals surface area contributed by atoms with Gasteiger partial charge in [-0.05, 0) is 37.0 Å². The minimum absolute atomic E-state index is 0.232. The fourth-order valence-electron chi connectivity index (χ4n) is 1.83. The first kappa shape index (κ1) is 11.3. The van der Waals surface area contributed by atoms with Crippen LogP contribution in [0.1, 0.15) is 24.8 Å². The fraction of sp³-hybridized carbons (Fsp3) is 0.417. The van der Waals surface area contributed by atoms with Gasteiger partial charge in [-0.3, -0.25) is 0 Å². The lowest BCUT2D eigenvalue weighted by atomic mass is 9.85. The number of nitrogens with two attached hydrogens (primary N) is 1. The number of hydrogen-bond donors (Lipinski definition) is 2. The van der Waals surface area contributed by atoms with Crippen LogP contribution in [0, 0.1) is 11.7 Å². The van der Waals surface area contributed by atoms with Crippen LogP contribution < -0.4 is 11.1 Å².